The molecular formula is C5H2N6O5. The monoisotopic (exact) mass is 226 g/mol. The summed E-state index contributed by atoms with van der Waals surface area (Å²) in [6.07, 6.45) is 1.03. The van der Waals surface area contributed by atoms with Gasteiger partial charge in [-0.25, -0.2) is 0 Å². The van der Waals surface area contributed by atoms with Gasteiger partial charge in [0.25, 0.3) is 0 Å². The van der Waals surface area contributed by atoms with Crippen LogP contribution in [0.4, 0.5) is 11.6 Å². The quantitative estimate of drug-likeness (QED) is 0.577. The number of aromatic amines is 1. The predicted molar refractivity (Wildman–Crippen MR) is 45.2 cm³/mol. The molecule has 0 aliphatic heterocycles. The van der Waals surface area contributed by atoms with E-state index in [1.54, 1.807) is 0 Å². The minimum Gasteiger partial charge on any atom is -0.358 e. The Morgan fingerprint density at radius 2 is 2.00 bits per heavy atom. The third kappa shape index (κ3) is 1.35. The summed E-state index contributed by atoms with van der Waals surface area (Å²) in [5, 5.41) is 32.8. The van der Waals surface area contributed by atoms with Crippen LogP contribution in [0.1, 0.15) is 0 Å². The van der Waals surface area contributed by atoms with Crippen LogP contribution in [0.5, 0.6) is 0 Å². The van der Waals surface area contributed by atoms with Gasteiger partial charge in [-0.1, -0.05) is 5.10 Å². The maximum atomic E-state index is 10.5. The van der Waals surface area contributed by atoms with Crippen LogP contribution in [0.25, 0.3) is 11.3 Å². The smallest absolute Gasteiger partial charge is 0.358 e. The average molecular weight is 226 g/mol. The van der Waals surface area contributed by atoms with E-state index in [1.165, 1.54) is 0 Å². The fourth-order valence-electron chi connectivity index (χ4n) is 1.07. The van der Waals surface area contributed by atoms with Crippen LogP contribution in [-0.2, 0) is 0 Å². The zero-order valence-corrected chi connectivity index (χ0v) is 7.35. The van der Waals surface area contributed by atoms with Crippen LogP contribution in [-0.4, -0.2) is 30.4 Å². The summed E-state index contributed by atoms with van der Waals surface area (Å²) < 4.78 is 4.16. The molecule has 0 atom stereocenters. The van der Waals surface area contributed by atoms with Crippen molar-refractivity contribution in [2.24, 2.45) is 0 Å². The fraction of sp³-hybridized carbons (Fsp3) is 0. The summed E-state index contributed by atoms with van der Waals surface area (Å²) in [7, 11) is 0. The van der Waals surface area contributed by atoms with Gasteiger partial charge < -0.3 is 20.2 Å². The molecule has 1 N–H and O–H groups in total. The number of nitrogens with zero attached hydrogens (tertiary/aromatic N) is 5. The van der Waals surface area contributed by atoms with E-state index in [9.17, 15) is 20.2 Å². The molecule has 11 nitrogen and oxygen atoms in total. The Morgan fingerprint density at radius 3 is 2.62 bits per heavy atom. The number of nitro groups is 2. The molecule has 0 radical (unpaired) electrons. The average Bonchev–Trinajstić information content (AvgIpc) is 2.85. The van der Waals surface area contributed by atoms with Gasteiger partial charge in [0.05, 0.1) is 6.20 Å². The summed E-state index contributed by atoms with van der Waals surface area (Å²) in [6.45, 7) is 0. The van der Waals surface area contributed by atoms with Crippen LogP contribution in [0, 0.1) is 20.2 Å². The molecule has 2 aromatic rings. The second-order valence-electron chi connectivity index (χ2n) is 2.58. The molecule has 0 unspecified atom stereocenters. The van der Waals surface area contributed by atoms with Gasteiger partial charge in [-0.15, -0.1) is 9.73 Å². The summed E-state index contributed by atoms with van der Waals surface area (Å²) in [5.41, 5.74) is -0.497. The second kappa shape index (κ2) is 3.38. The number of aromatic nitrogens is 4. The molecule has 0 aromatic carbocycles. The van der Waals surface area contributed by atoms with Gasteiger partial charge in [-0.05, 0) is 15.0 Å². The molecule has 16 heavy (non-hydrogen) atoms. The van der Waals surface area contributed by atoms with Crippen LogP contribution >= 0.6 is 0 Å². The van der Waals surface area contributed by atoms with E-state index in [2.05, 4.69) is 25.1 Å². The fourth-order valence-corrected chi connectivity index (χ4v) is 1.07. The third-order valence-corrected chi connectivity index (χ3v) is 1.70. The van der Waals surface area contributed by atoms with E-state index in [4.69, 9.17) is 0 Å². The van der Waals surface area contributed by atoms with Crippen LogP contribution in [0.3, 0.4) is 0 Å². The standard InChI is InChI=1S/C5H2N6O5/c12-10(13)4-2(1-6-7-4)3-5(11(14)15)9-16-8-3/h1H,(H,6,7). The Hall–Kier alpha value is -2.85. The maximum Gasteiger partial charge on any atom is 0.443 e. The van der Waals surface area contributed by atoms with E-state index in [-0.39, 0.29) is 11.3 Å². The Morgan fingerprint density at radius 1 is 1.25 bits per heavy atom. The Labute approximate surface area is 85.3 Å². The first-order chi connectivity index (χ1) is 7.61. The maximum absolute atomic E-state index is 10.5. The molecule has 2 rings (SSSR count). The predicted octanol–water partition coefficient (Wildman–Crippen LogP) is 0.276. The summed E-state index contributed by atoms with van der Waals surface area (Å²) in [5.74, 6) is -1.22. The Balaban J connectivity index is 2.59. The van der Waals surface area contributed by atoms with Gasteiger partial charge in [0, 0.05) is 0 Å². The highest BCUT2D eigenvalue weighted by Crippen LogP contribution is 2.31. The van der Waals surface area contributed by atoms with Crippen LogP contribution < -0.4 is 0 Å². The zero-order chi connectivity index (χ0) is 11.7. The van der Waals surface area contributed by atoms with Gasteiger partial charge in [0.2, 0.25) is 5.69 Å². The molecule has 0 aliphatic rings. The number of hydrogen-bond acceptors (Lipinski definition) is 8. The van der Waals surface area contributed by atoms with Crippen molar-refractivity contribution in [3.05, 3.63) is 26.4 Å². The molecule has 0 amide bonds. The normalized spacial score (nSPS) is 10.2. The van der Waals surface area contributed by atoms with Gasteiger partial charge in [0.15, 0.2) is 5.16 Å². The van der Waals surface area contributed by atoms with Crippen molar-refractivity contribution in [3.63, 3.8) is 0 Å². The molecule has 2 aromatic heterocycles. The van der Waals surface area contributed by atoms with Crippen molar-refractivity contribution in [3.8, 4) is 11.3 Å². The van der Waals surface area contributed by atoms with Gasteiger partial charge in [-0.2, -0.15) is 0 Å². The van der Waals surface area contributed by atoms with Crippen molar-refractivity contribution >= 4 is 11.6 Å². The number of hydrogen-bond donors (Lipinski definition) is 1. The van der Waals surface area contributed by atoms with E-state index < -0.39 is 21.5 Å². The van der Waals surface area contributed by atoms with Crippen molar-refractivity contribution in [2.75, 3.05) is 0 Å². The van der Waals surface area contributed by atoms with Crippen molar-refractivity contribution in [1.29, 1.82) is 0 Å². The van der Waals surface area contributed by atoms with Crippen molar-refractivity contribution in [1.82, 2.24) is 20.5 Å². The summed E-state index contributed by atoms with van der Waals surface area (Å²) in [6, 6.07) is 0. The van der Waals surface area contributed by atoms with Crippen molar-refractivity contribution in [2.45, 2.75) is 0 Å². The van der Waals surface area contributed by atoms with Gasteiger partial charge >= 0.3 is 11.6 Å². The largest absolute Gasteiger partial charge is 0.443 e. The lowest BCUT2D eigenvalue weighted by Gasteiger charge is -1.92. The SMILES string of the molecule is O=[N+]([O-])c1nonc1-c1cn[nH]c1[N+](=O)[O-]. The molecule has 2 heterocycles. The highest BCUT2D eigenvalue weighted by Gasteiger charge is 2.30. The molecule has 0 aliphatic carbocycles. The second-order valence-corrected chi connectivity index (χ2v) is 2.58. The molecule has 0 spiro atoms. The molecular weight excluding hydrogens is 224 g/mol. The molecule has 0 saturated heterocycles. The topological polar surface area (TPSA) is 154 Å². The lowest BCUT2D eigenvalue weighted by Crippen LogP contribution is -1.94. The highest BCUT2D eigenvalue weighted by molar-refractivity contribution is 5.72. The van der Waals surface area contributed by atoms with Crippen LogP contribution in [0.2, 0.25) is 0 Å². The number of H-pyrrole nitrogens is 1. The molecule has 0 bridgehead atoms. The van der Waals surface area contributed by atoms with E-state index in [0.717, 1.165) is 6.20 Å². The first-order valence-electron chi connectivity index (χ1n) is 3.76. The lowest BCUT2D eigenvalue weighted by atomic mass is 10.2. The van der Waals surface area contributed by atoms with Crippen molar-refractivity contribution < 1.29 is 14.5 Å². The molecule has 11 heteroatoms. The van der Waals surface area contributed by atoms with Gasteiger partial charge in [-0.3, -0.25) is 0 Å². The third-order valence-electron chi connectivity index (χ3n) is 1.70. The van der Waals surface area contributed by atoms with E-state index in [1.807, 2.05) is 0 Å². The summed E-state index contributed by atoms with van der Waals surface area (Å²) >= 11 is 0. The number of rotatable bonds is 3. The Bertz CT molecular complexity index is 507. The minimum absolute atomic E-state index is 0.155. The number of nitrogens with one attached hydrogen (secondary N) is 1. The van der Waals surface area contributed by atoms with E-state index >= 15 is 0 Å². The van der Waals surface area contributed by atoms with Gasteiger partial charge in [0.1, 0.15) is 5.56 Å². The molecule has 0 fully saturated rings. The van der Waals surface area contributed by atoms with E-state index in [0.29, 0.717) is 0 Å². The molecule has 0 saturated carbocycles. The highest BCUT2D eigenvalue weighted by atomic mass is 16.6. The molecule has 82 valence electrons. The zero-order valence-electron chi connectivity index (χ0n) is 7.35. The minimum atomic E-state index is -0.859. The lowest BCUT2D eigenvalue weighted by molar-refractivity contribution is -0.391. The Kier molecular flexibility index (Phi) is 2.05. The van der Waals surface area contributed by atoms with Crippen LogP contribution in [0.15, 0.2) is 10.8 Å². The first kappa shape index (κ1) is 9.70. The summed E-state index contributed by atoms with van der Waals surface area (Å²) in [4.78, 5) is 19.4. The first-order valence-corrected chi connectivity index (χ1v) is 3.76.